The molecule has 1 aliphatic rings. The summed E-state index contributed by atoms with van der Waals surface area (Å²) in [5, 5.41) is 11.4. The van der Waals surface area contributed by atoms with Gasteiger partial charge < -0.3 is 15.2 Å². The van der Waals surface area contributed by atoms with Crippen LogP contribution in [-0.4, -0.2) is 36.9 Å². The van der Waals surface area contributed by atoms with Gasteiger partial charge in [-0.2, -0.15) is 0 Å². The molecule has 1 atom stereocenters. The fourth-order valence-electron chi connectivity index (χ4n) is 1.28. The summed E-state index contributed by atoms with van der Waals surface area (Å²) >= 11 is 0. The zero-order valence-corrected chi connectivity index (χ0v) is 7.95. The van der Waals surface area contributed by atoms with E-state index in [-0.39, 0.29) is 0 Å². The van der Waals surface area contributed by atoms with E-state index in [1.54, 1.807) is 7.05 Å². The second kappa shape index (κ2) is 5.19. The SMILES string of the molecule is CNC(CCOC1CCC1)C(=O)O. The molecule has 4 heteroatoms. The van der Waals surface area contributed by atoms with E-state index < -0.39 is 12.0 Å². The zero-order chi connectivity index (χ0) is 9.68. The molecule has 0 saturated heterocycles. The number of rotatable bonds is 6. The zero-order valence-electron chi connectivity index (χ0n) is 7.95. The van der Waals surface area contributed by atoms with Crippen molar-refractivity contribution in [3.05, 3.63) is 0 Å². The molecule has 0 radical (unpaired) electrons. The summed E-state index contributed by atoms with van der Waals surface area (Å²) in [6.45, 7) is 0.544. The molecule has 0 aromatic carbocycles. The lowest BCUT2D eigenvalue weighted by Gasteiger charge is -2.26. The molecule has 0 spiro atoms. The van der Waals surface area contributed by atoms with Crippen molar-refractivity contribution >= 4 is 5.97 Å². The van der Waals surface area contributed by atoms with Crippen LogP contribution in [0.5, 0.6) is 0 Å². The molecule has 0 aliphatic heterocycles. The number of carboxylic acid groups (broad SMARTS) is 1. The summed E-state index contributed by atoms with van der Waals surface area (Å²) < 4.78 is 5.46. The van der Waals surface area contributed by atoms with Gasteiger partial charge in [0.05, 0.1) is 6.10 Å². The molecule has 1 aliphatic carbocycles. The van der Waals surface area contributed by atoms with Crippen LogP contribution in [0.4, 0.5) is 0 Å². The molecule has 0 heterocycles. The first-order valence-electron chi connectivity index (χ1n) is 4.75. The average molecular weight is 187 g/mol. The number of nitrogens with one attached hydrogen (secondary N) is 1. The van der Waals surface area contributed by atoms with Crippen LogP contribution in [0.3, 0.4) is 0 Å². The highest BCUT2D eigenvalue weighted by molar-refractivity contribution is 5.73. The molecule has 1 unspecified atom stereocenters. The van der Waals surface area contributed by atoms with E-state index >= 15 is 0 Å². The Bertz CT molecular complexity index is 168. The van der Waals surface area contributed by atoms with Gasteiger partial charge in [-0.25, -0.2) is 0 Å². The average Bonchev–Trinajstić information content (AvgIpc) is 2.00. The quantitative estimate of drug-likeness (QED) is 0.640. The maximum atomic E-state index is 10.6. The highest BCUT2D eigenvalue weighted by Gasteiger charge is 2.19. The van der Waals surface area contributed by atoms with Crippen LogP contribution < -0.4 is 5.32 Å². The molecule has 0 amide bonds. The third-order valence-electron chi connectivity index (χ3n) is 2.46. The smallest absolute Gasteiger partial charge is 0.320 e. The van der Waals surface area contributed by atoms with Gasteiger partial charge in [0.1, 0.15) is 6.04 Å². The Morgan fingerprint density at radius 1 is 1.69 bits per heavy atom. The van der Waals surface area contributed by atoms with Crippen molar-refractivity contribution in [3.63, 3.8) is 0 Å². The molecule has 2 N–H and O–H groups in total. The minimum atomic E-state index is -0.806. The number of carbonyl (C=O) groups is 1. The summed E-state index contributed by atoms with van der Waals surface area (Å²) in [6, 6.07) is -0.472. The van der Waals surface area contributed by atoms with Crippen molar-refractivity contribution in [2.24, 2.45) is 0 Å². The van der Waals surface area contributed by atoms with Crippen molar-refractivity contribution < 1.29 is 14.6 Å². The monoisotopic (exact) mass is 187 g/mol. The summed E-state index contributed by atoms with van der Waals surface area (Å²) in [7, 11) is 1.65. The number of hydrogen-bond acceptors (Lipinski definition) is 3. The van der Waals surface area contributed by atoms with Gasteiger partial charge in [-0.15, -0.1) is 0 Å². The topological polar surface area (TPSA) is 58.6 Å². The summed E-state index contributed by atoms with van der Waals surface area (Å²) in [4.78, 5) is 10.6. The second-order valence-electron chi connectivity index (χ2n) is 3.39. The van der Waals surface area contributed by atoms with Gasteiger partial charge in [-0.3, -0.25) is 4.79 Å². The van der Waals surface area contributed by atoms with Crippen molar-refractivity contribution in [3.8, 4) is 0 Å². The standard InChI is InChI=1S/C9H17NO3/c1-10-8(9(11)12)5-6-13-7-3-2-4-7/h7-8,10H,2-6H2,1H3,(H,11,12). The minimum absolute atomic E-state index is 0.395. The fraction of sp³-hybridized carbons (Fsp3) is 0.889. The van der Waals surface area contributed by atoms with Crippen molar-refractivity contribution in [1.29, 1.82) is 0 Å². The lowest BCUT2D eigenvalue weighted by atomic mass is 9.96. The third-order valence-corrected chi connectivity index (χ3v) is 2.46. The highest BCUT2D eigenvalue weighted by Crippen LogP contribution is 2.21. The number of hydrogen-bond donors (Lipinski definition) is 2. The molecule has 0 aromatic heterocycles. The van der Waals surface area contributed by atoms with Gasteiger partial charge in [-0.1, -0.05) is 0 Å². The lowest BCUT2D eigenvalue weighted by molar-refractivity contribution is -0.140. The van der Waals surface area contributed by atoms with Crippen LogP contribution in [0.15, 0.2) is 0 Å². The van der Waals surface area contributed by atoms with Gasteiger partial charge in [-0.05, 0) is 32.7 Å². The Morgan fingerprint density at radius 2 is 2.38 bits per heavy atom. The first-order chi connectivity index (χ1) is 6.24. The van der Waals surface area contributed by atoms with Crippen molar-refractivity contribution in [2.45, 2.75) is 37.8 Å². The molecule has 0 bridgehead atoms. The molecule has 1 fully saturated rings. The van der Waals surface area contributed by atoms with E-state index in [0.717, 1.165) is 12.8 Å². The van der Waals surface area contributed by atoms with E-state index in [9.17, 15) is 4.79 Å². The van der Waals surface area contributed by atoms with Crippen LogP contribution in [0.25, 0.3) is 0 Å². The molecule has 13 heavy (non-hydrogen) atoms. The number of aliphatic carboxylic acids is 1. The Morgan fingerprint density at radius 3 is 2.77 bits per heavy atom. The van der Waals surface area contributed by atoms with Crippen LogP contribution >= 0.6 is 0 Å². The van der Waals surface area contributed by atoms with Crippen LogP contribution in [-0.2, 0) is 9.53 Å². The number of likely N-dealkylation sites (N-methyl/N-ethyl adjacent to an activating group) is 1. The first kappa shape index (κ1) is 10.5. The maximum absolute atomic E-state index is 10.6. The normalized spacial score (nSPS) is 19.5. The molecule has 76 valence electrons. The number of ether oxygens (including phenoxy) is 1. The summed E-state index contributed by atoms with van der Waals surface area (Å²) in [5.74, 6) is -0.806. The van der Waals surface area contributed by atoms with E-state index in [1.807, 2.05) is 0 Å². The second-order valence-corrected chi connectivity index (χ2v) is 3.39. The fourth-order valence-corrected chi connectivity index (χ4v) is 1.28. The summed E-state index contributed by atoms with van der Waals surface area (Å²) in [6.07, 6.45) is 4.46. The Hall–Kier alpha value is -0.610. The molecule has 4 nitrogen and oxygen atoms in total. The predicted octanol–water partition coefficient (Wildman–Crippen LogP) is 0.618. The largest absolute Gasteiger partial charge is 0.480 e. The van der Waals surface area contributed by atoms with E-state index in [0.29, 0.717) is 19.1 Å². The van der Waals surface area contributed by atoms with Gasteiger partial charge in [0.25, 0.3) is 0 Å². The third kappa shape index (κ3) is 3.32. The lowest BCUT2D eigenvalue weighted by Crippen LogP contribution is -2.35. The molecular weight excluding hydrogens is 170 g/mol. The van der Waals surface area contributed by atoms with Crippen molar-refractivity contribution in [2.75, 3.05) is 13.7 Å². The van der Waals surface area contributed by atoms with Crippen LogP contribution in [0, 0.1) is 0 Å². The Balaban J connectivity index is 2.05. The summed E-state index contributed by atoms with van der Waals surface area (Å²) in [5.41, 5.74) is 0. The van der Waals surface area contributed by atoms with Crippen molar-refractivity contribution in [1.82, 2.24) is 5.32 Å². The van der Waals surface area contributed by atoms with E-state index in [4.69, 9.17) is 9.84 Å². The maximum Gasteiger partial charge on any atom is 0.320 e. The van der Waals surface area contributed by atoms with Gasteiger partial charge in [0.2, 0.25) is 0 Å². The predicted molar refractivity (Wildman–Crippen MR) is 48.7 cm³/mol. The Labute approximate surface area is 78.3 Å². The van der Waals surface area contributed by atoms with Gasteiger partial charge in [0, 0.05) is 6.61 Å². The molecule has 1 rings (SSSR count). The minimum Gasteiger partial charge on any atom is -0.480 e. The van der Waals surface area contributed by atoms with Gasteiger partial charge >= 0.3 is 5.97 Å². The highest BCUT2D eigenvalue weighted by atomic mass is 16.5. The molecule has 1 saturated carbocycles. The van der Waals surface area contributed by atoms with Gasteiger partial charge in [0.15, 0.2) is 0 Å². The van der Waals surface area contributed by atoms with Crippen LogP contribution in [0.2, 0.25) is 0 Å². The van der Waals surface area contributed by atoms with E-state index in [2.05, 4.69) is 5.32 Å². The molecule has 0 aromatic rings. The van der Waals surface area contributed by atoms with E-state index in [1.165, 1.54) is 6.42 Å². The Kier molecular flexibility index (Phi) is 4.18. The first-order valence-corrected chi connectivity index (χ1v) is 4.75. The van der Waals surface area contributed by atoms with Crippen LogP contribution in [0.1, 0.15) is 25.7 Å². The number of carboxylic acids is 1. The molecular formula is C9H17NO3.